The van der Waals surface area contributed by atoms with E-state index in [1.807, 2.05) is 51.1 Å². The molecule has 1 aliphatic rings. The lowest BCUT2D eigenvalue weighted by atomic mass is 9.96. The van der Waals surface area contributed by atoms with E-state index in [9.17, 15) is 14.4 Å². The topological polar surface area (TPSA) is 113 Å². The second-order valence-electron chi connectivity index (χ2n) is 10.1. The summed E-state index contributed by atoms with van der Waals surface area (Å²) in [5, 5.41) is 9.15. The second kappa shape index (κ2) is 12.0. The molecular weight excluding hydrogens is 460 g/mol. The summed E-state index contributed by atoms with van der Waals surface area (Å²) in [6, 6.07) is 9.77. The average molecular weight is 497 g/mol. The molecule has 1 aromatic carbocycles. The van der Waals surface area contributed by atoms with E-state index in [0.717, 1.165) is 5.56 Å². The van der Waals surface area contributed by atoms with Gasteiger partial charge in [-0.25, -0.2) is 14.8 Å². The van der Waals surface area contributed by atoms with Gasteiger partial charge in [-0.3, -0.25) is 9.59 Å². The van der Waals surface area contributed by atoms with Crippen molar-refractivity contribution in [3.63, 3.8) is 0 Å². The molecule has 1 aliphatic heterocycles. The van der Waals surface area contributed by atoms with Crippen LogP contribution in [0.5, 0.6) is 0 Å². The number of rotatable bonds is 8. The van der Waals surface area contributed by atoms with E-state index in [1.165, 1.54) is 0 Å². The number of hydrogen-bond acceptors (Lipinski definition) is 6. The summed E-state index contributed by atoms with van der Waals surface area (Å²) in [5.41, 5.74) is 1.49. The van der Waals surface area contributed by atoms with Crippen molar-refractivity contribution in [1.82, 2.24) is 19.8 Å². The Balaban J connectivity index is 1.65. The second-order valence-corrected chi connectivity index (χ2v) is 10.1. The minimum absolute atomic E-state index is 0.0905. The third-order valence-corrected chi connectivity index (χ3v) is 6.14. The van der Waals surface area contributed by atoms with Crippen molar-refractivity contribution in [3.8, 4) is 0 Å². The van der Waals surface area contributed by atoms with Crippen LogP contribution in [0.4, 0.5) is 4.79 Å². The van der Waals surface area contributed by atoms with Crippen LogP contribution < -0.4 is 0 Å². The van der Waals surface area contributed by atoms with Crippen LogP contribution in [-0.2, 0) is 16.0 Å². The minimum atomic E-state index is -0.950. The summed E-state index contributed by atoms with van der Waals surface area (Å²) in [5.74, 6) is -0.466. The molecule has 1 N–H and O–H groups in total. The molecule has 0 atom stereocenters. The van der Waals surface area contributed by atoms with Crippen molar-refractivity contribution < 1.29 is 24.2 Å². The number of amides is 2. The lowest BCUT2D eigenvalue weighted by Gasteiger charge is -2.33. The van der Waals surface area contributed by atoms with E-state index in [2.05, 4.69) is 9.97 Å². The Labute approximate surface area is 212 Å². The molecule has 1 aromatic heterocycles. The molecule has 0 aliphatic carbocycles. The van der Waals surface area contributed by atoms with E-state index in [0.29, 0.717) is 56.0 Å². The summed E-state index contributed by atoms with van der Waals surface area (Å²) in [4.78, 5) is 49.2. The Bertz CT molecular complexity index is 1060. The van der Waals surface area contributed by atoms with Crippen LogP contribution in [0, 0.1) is 6.92 Å². The average Bonchev–Trinajstić information content (AvgIpc) is 2.83. The normalized spacial score (nSPS) is 14.4. The Hall–Kier alpha value is -3.49. The van der Waals surface area contributed by atoms with Gasteiger partial charge in [-0.15, -0.1) is 0 Å². The first-order valence-corrected chi connectivity index (χ1v) is 12.4. The van der Waals surface area contributed by atoms with Gasteiger partial charge in [0.25, 0.3) is 5.91 Å². The Morgan fingerprint density at radius 3 is 2.36 bits per heavy atom. The molecule has 9 nitrogen and oxygen atoms in total. The molecule has 2 amide bonds. The number of carboxylic acids is 1. The Morgan fingerprint density at radius 1 is 1.11 bits per heavy atom. The van der Waals surface area contributed by atoms with Gasteiger partial charge in [0.1, 0.15) is 11.4 Å². The van der Waals surface area contributed by atoms with E-state index < -0.39 is 11.6 Å². The first-order valence-electron chi connectivity index (χ1n) is 12.4. The van der Waals surface area contributed by atoms with Crippen molar-refractivity contribution in [2.45, 2.75) is 64.9 Å². The number of hydrogen-bond donors (Lipinski definition) is 1. The third kappa shape index (κ3) is 7.76. The Kier molecular flexibility index (Phi) is 9.01. The molecule has 2 heterocycles. The number of benzene rings is 1. The van der Waals surface area contributed by atoms with E-state index in [4.69, 9.17) is 9.84 Å². The minimum Gasteiger partial charge on any atom is -0.481 e. The molecule has 194 valence electrons. The predicted molar refractivity (Wildman–Crippen MR) is 135 cm³/mol. The summed E-state index contributed by atoms with van der Waals surface area (Å²) in [7, 11) is 0. The molecule has 0 saturated carbocycles. The molecule has 1 fully saturated rings. The number of aryl methyl sites for hydroxylation is 1. The number of carbonyl (C=O) groups excluding carboxylic acids is 2. The lowest BCUT2D eigenvalue weighted by molar-refractivity contribution is -0.137. The summed E-state index contributed by atoms with van der Waals surface area (Å²) in [6.45, 7) is 8.97. The smallest absolute Gasteiger partial charge is 0.410 e. The molecule has 1 saturated heterocycles. The zero-order valence-electron chi connectivity index (χ0n) is 21.6. The number of carbonyl (C=O) groups is 3. The van der Waals surface area contributed by atoms with Gasteiger partial charge >= 0.3 is 12.1 Å². The number of nitrogens with zero attached hydrogens (tertiary/aromatic N) is 4. The van der Waals surface area contributed by atoms with Gasteiger partial charge in [-0.1, -0.05) is 30.3 Å². The highest BCUT2D eigenvalue weighted by Gasteiger charge is 2.29. The van der Waals surface area contributed by atoms with Gasteiger partial charge in [0, 0.05) is 38.3 Å². The molecule has 2 aromatic rings. The summed E-state index contributed by atoms with van der Waals surface area (Å²) in [6.07, 6.45) is 3.17. The fraction of sp³-hybridized carbons (Fsp3) is 0.519. The zero-order valence-corrected chi connectivity index (χ0v) is 21.6. The van der Waals surface area contributed by atoms with Gasteiger partial charge < -0.3 is 19.6 Å². The van der Waals surface area contributed by atoms with Gasteiger partial charge in [0.05, 0.1) is 17.7 Å². The highest BCUT2D eigenvalue weighted by Crippen LogP contribution is 2.27. The van der Waals surface area contributed by atoms with E-state index >= 15 is 0 Å². The SMILES string of the molecule is Cc1nc(C2CCN(C(=O)OC(C)(C)C)CC2)ncc1C(=O)N(CCC(=O)O)CCc1ccccc1. The van der Waals surface area contributed by atoms with Gasteiger partial charge in [0.15, 0.2) is 0 Å². The van der Waals surface area contributed by atoms with Crippen molar-refractivity contribution in [2.24, 2.45) is 0 Å². The maximum atomic E-state index is 13.3. The summed E-state index contributed by atoms with van der Waals surface area (Å²) >= 11 is 0. The number of aromatic nitrogens is 2. The van der Waals surface area contributed by atoms with E-state index in [-0.39, 0.29) is 30.9 Å². The fourth-order valence-electron chi connectivity index (χ4n) is 4.16. The quantitative estimate of drug-likeness (QED) is 0.586. The van der Waals surface area contributed by atoms with Crippen molar-refractivity contribution in [1.29, 1.82) is 0 Å². The van der Waals surface area contributed by atoms with Crippen LogP contribution in [0.15, 0.2) is 36.5 Å². The van der Waals surface area contributed by atoms with Crippen LogP contribution in [-0.4, -0.2) is 74.6 Å². The standard InChI is InChI=1S/C27H36N4O5/c1-19-22(25(34)30(17-13-23(32)33)14-10-20-8-6-5-7-9-20)18-28-24(29-19)21-11-15-31(16-12-21)26(35)36-27(2,3)4/h5-9,18,21H,10-17H2,1-4H3,(H,32,33). The Morgan fingerprint density at radius 2 is 1.78 bits per heavy atom. The number of likely N-dealkylation sites (tertiary alicyclic amines) is 1. The van der Waals surface area contributed by atoms with Gasteiger partial charge in [-0.05, 0) is 52.5 Å². The van der Waals surface area contributed by atoms with Crippen LogP contribution in [0.2, 0.25) is 0 Å². The highest BCUT2D eigenvalue weighted by atomic mass is 16.6. The van der Waals surface area contributed by atoms with Crippen molar-refractivity contribution in [2.75, 3.05) is 26.2 Å². The largest absolute Gasteiger partial charge is 0.481 e. The molecular formula is C27H36N4O5. The fourth-order valence-corrected chi connectivity index (χ4v) is 4.16. The molecule has 0 radical (unpaired) electrons. The van der Waals surface area contributed by atoms with Gasteiger partial charge in [0.2, 0.25) is 0 Å². The number of piperidine rings is 1. The summed E-state index contributed by atoms with van der Waals surface area (Å²) < 4.78 is 5.46. The van der Waals surface area contributed by atoms with E-state index in [1.54, 1.807) is 22.9 Å². The van der Waals surface area contributed by atoms with Crippen LogP contribution >= 0.6 is 0 Å². The monoisotopic (exact) mass is 496 g/mol. The zero-order chi connectivity index (χ0) is 26.3. The van der Waals surface area contributed by atoms with Gasteiger partial charge in [-0.2, -0.15) is 0 Å². The molecule has 3 rings (SSSR count). The van der Waals surface area contributed by atoms with Crippen LogP contribution in [0.3, 0.4) is 0 Å². The maximum Gasteiger partial charge on any atom is 0.410 e. The number of ether oxygens (including phenoxy) is 1. The van der Waals surface area contributed by atoms with Crippen LogP contribution in [0.25, 0.3) is 0 Å². The lowest BCUT2D eigenvalue weighted by Crippen LogP contribution is -2.41. The highest BCUT2D eigenvalue weighted by molar-refractivity contribution is 5.95. The molecule has 0 unspecified atom stereocenters. The number of aliphatic carboxylic acids is 1. The first kappa shape index (κ1) is 27.1. The first-order chi connectivity index (χ1) is 17.0. The molecule has 0 spiro atoms. The third-order valence-electron chi connectivity index (χ3n) is 6.14. The predicted octanol–water partition coefficient (Wildman–Crippen LogP) is 4.06. The van der Waals surface area contributed by atoms with Crippen molar-refractivity contribution in [3.05, 3.63) is 59.2 Å². The number of carboxylic acid groups (broad SMARTS) is 1. The maximum absolute atomic E-state index is 13.3. The van der Waals surface area contributed by atoms with Crippen molar-refractivity contribution >= 4 is 18.0 Å². The molecule has 9 heteroatoms. The van der Waals surface area contributed by atoms with Crippen LogP contribution in [0.1, 0.15) is 73.4 Å². The molecule has 36 heavy (non-hydrogen) atoms. The molecule has 0 bridgehead atoms.